The van der Waals surface area contributed by atoms with E-state index in [-0.39, 0.29) is 0 Å². The van der Waals surface area contributed by atoms with Crippen molar-refractivity contribution in [3.8, 4) is 0 Å². The van der Waals surface area contributed by atoms with Crippen molar-refractivity contribution in [2.24, 2.45) is 7.05 Å². The first-order valence-corrected chi connectivity index (χ1v) is 8.48. The number of fused-ring (bicyclic) bond motifs is 7. The summed E-state index contributed by atoms with van der Waals surface area (Å²) in [5.41, 5.74) is 5.77. The number of aromatic nitrogens is 1. The fraction of sp³-hybridized carbons (Fsp3) is 0.182. The molecule has 2 nitrogen and oxygen atoms in total. The van der Waals surface area contributed by atoms with Gasteiger partial charge in [-0.1, -0.05) is 50.2 Å². The zero-order valence-corrected chi connectivity index (χ0v) is 14.1. The largest absolute Gasteiger partial charge is 0.454 e. The molecule has 2 aromatic heterocycles. The van der Waals surface area contributed by atoms with Crippen molar-refractivity contribution < 1.29 is 4.42 Å². The van der Waals surface area contributed by atoms with Gasteiger partial charge in [0.05, 0.1) is 5.52 Å². The Balaban J connectivity index is 2.15. The molecule has 0 amide bonds. The van der Waals surface area contributed by atoms with Crippen LogP contribution in [0.4, 0.5) is 0 Å². The molecule has 0 bridgehead atoms. The van der Waals surface area contributed by atoms with Crippen molar-refractivity contribution in [3.63, 3.8) is 0 Å². The van der Waals surface area contributed by atoms with Crippen LogP contribution >= 0.6 is 0 Å². The molecule has 2 heterocycles. The van der Waals surface area contributed by atoms with E-state index in [4.69, 9.17) is 4.42 Å². The van der Waals surface area contributed by atoms with E-state index in [2.05, 4.69) is 74.0 Å². The number of para-hydroxylation sites is 2. The van der Waals surface area contributed by atoms with Crippen molar-refractivity contribution in [3.05, 3.63) is 60.2 Å². The van der Waals surface area contributed by atoms with Gasteiger partial charge in [-0.15, -0.1) is 0 Å². The third kappa shape index (κ3) is 1.60. The monoisotopic (exact) mass is 313 g/mol. The summed E-state index contributed by atoms with van der Waals surface area (Å²) in [6, 6.07) is 19.3. The summed E-state index contributed by atoms with van der Waals surface area (Å²) < 4.78 is 8.61. The van der Waals surface area contributed by atoms with Crippen molar-refractivity contribution in [1.29, 1.82) is 0 Å². The van der Waals surface area contributed by atoms with Gasteiger partial charge >= 0.3 is 0 Å². The van der Waals surface area contributed by atoms with Crippen LogP contribution in [0.15, 0.2) is 59.0 Å². The summed E-state index contributed by atoms with van der Waals surface area (Å²) in [6.07, 6.45) is 0. The first kappa shape index (κ1) is 13.7. The van der Waals surface area contributed by atoms with Gasteiger partial charge < -0.3 is 8.98 Å². The second-order valence-electron chi connectivity index (χ2n) is 6.90. The van der Waals surface area contributed by atoms with Gasteiger partial charge in [0.2, 0.25) is 0 Å². The summed E-state index contributed by atoms with van der Waals surface area (Å²) in [6.45, 7) is 4.51. The molecular formula is C22H19NO. The lowest BCUT2D eigenvalue weighted by Gasteiger charge is -2.09. The van der Waals surface area contributed by atoms with Crippen molar-refractivity contribution in [1.82, 2.24) is 4.57 Å². The van der Waals surface area contributed by atoms with E-state index in [1.165, 1.54) is 38.1 Å². The molecule has 0 aliphatic heterocycles. The van der Waals surface area contributed by atoms with Crippen LogP contribution in [0.5, 0.6) is 0 Å². The zero-order valence-electron chi connectivity index (χ0n) is 14.1. The fourth-order valence-corrected chi connectivity index (χ4v) is 4.03. The molecule has 118 valence electrons. The Bertz CT molecular complexity index is 1240. The second kappa shape index (κ2) is 4.64. The Kier molecular flexibility index (Phi) is 2.64. The number of benzene rings is 3. The molecule has 24 heavy (non-hydrogen) atoms. The van der Waals surface area contributed by atoms with Gasteiger partial charge in [-0.2, -0.15) is 0 Å². The molecule has 0 fully saturated rings. The maximum absolute atomic E-state index is 6.35. The average Bonchev–Trinajstić information content (AvgIpc) is 3.11. The van der Waals surface area contributed by atoms with Crippen LogP contribution in [0, 0.1) is 0 Å². The Hall–Kier alpha value is -2.74. The number of nitrogens with zero attached hydrogens (tertiary/aromatic N) is 1. The number of aryl methyl sites for hydroxylation is 1. The van der Waals surface area contributed by atoms with Crippen LogP contribution in [-0.2, 0) is 7.05 Å². The first-order chi connectivity index (χ1) is 11.7. The molecule has 0 spiro atoms. The molecule has 0 unspecified atom stereocenters. The third-order valence-electron chi connectivity index (χ3n) is 5.17. The predicted molar refractivity (Wildman–Crippen MR) is 102 cm³/mol. The quantitative estimate of drug-likeness (QED) is 0.352. The van der Waals surface area contributed by atoms with Crippen molar-refractivity contribution in [2.75, 3.05) is 0 Å². The van der Waals surface area contributed by atoms with Gasteiger partial charge in [-0.05, 0) is 29.7 Å². The highest BCUT2D eigenvalue weighted by atomic mass is 16.3. The lowest BCUT2D eigenvalue weighted by molar-refractivity contribution is 0.669. The molecule has 5 aromatic rings. The molecule has 0 aliphatic rings. The van der Waals surface area contributed by atoms with E-state index in [0.717, 1.165) is 11.2 Å². The molecule has 0 radical (unpaired) electrons. The minimum Gasteiger partial charge on any atom is -0.454 e. The standard InChI is InChI=1S/C22H19NO/c1-13(2)16-12-17-14-8-4-6-10-18(14)23(3)21(17)22-20(16)15-9-5-7-11-19(15)24-22/h4-13H,1-3H3. The molecule has 0 saturated carbocycles. The number of hydrogen-bond donors (Lipinski definition) is 0. The predicted octanol–water partition coefficient (Wildman–Crippen LogP) is 6.35. The van der Waals surface area contributed by atoms with Gasteiger partial charge in [-0.25, -0.2) is 0 Å². The van der Waals surface area contributed by atoms with Crippen LogP contribution in [0.3, 0.4) is 0 Å². The Labute approximate surface area is 140 Å². The first-order valence-electron chi connectivity index (χ1n) is 8.48. The highest BCUT2D eigenvalue weighted by Gasteiger charge is 2.20. The van der Waals surface area contributed by atoms with Crippen molar-refractivity contribution >= 4 is 43.7 Å². The van der Waals surface area contributed by atoms with Crippen LogP contribution < -0.4 is 0 Å². The van der Waals surface area contributed by atoms with Crippen LogP contribution in [-0.4, -0.2) is 4.57 Å². The molecule has 0 saturated heterocycles. The average molecular weight is 313 g/mol. The Morgan fingerprint density at radius 1 is 0.875 bits per heavy atom. The zero-order chi connectivity index (χ0) is 16.4. The smallest absolute Gasteiger partial charge is 0.159 e. The van der Waals surface area contributed by atoms with Gasteiger partial charge in [0.15, 0.2) is 5.58 Å². The van der Waals surface area contributed by atoms with Gasteiger partial charge in [0, 0.05) is 34.1 Å². The van der Waals surface area contributed by atoms with E-state index >= 15 is 0 Å². The SMILES string of the molecule is CC(C)c1cc2c3ccccc3n(C)c2c2oc3ccccc3c12. The summed E-state index contributed by atoms with van der Waals surface area (Å²) in [4.78, 5) is 0. The lowest BCUT2D eigenvalue weighted by atomic mass is 9.95. The minimum atomic E-state index is 0.442. The summed E-state index contributed by atoms with van der Waals surface area (Å²) >= 11 is 0. The molecule has 5 rings (SSSR count). The molecule has 3 aromatic carbocycles. The third-order valence-corrected chi connectivity index (χ3v) is 5.17. The molecule has 0 atom stereocenters. The van der Waals surface area contributed by atoms with E-state index in [0.29, 0.717) is 5.92 Å². The van der Waals surface area contributed by atoms with Crippen LogP contribution in [0.2, 0.25) is 0 Å². The Morgan fingerprint density at radius 2 is 1.58 bits per heavy atom. The van der Waals surface area contributed by atoms with E-state index in [9.17, 15) is 0 Å². The molecule has 0 N–H and O–H groups in total. The van der Waals surface area contributed by atoms with Gasteiger partial charge in [0.25, 0.3) is 0 Å². The maximum atomic E-state index is 6.35. The number of rotatable bonds is 1. The topological polar surface area (TPSA) is 18.1 Å². The highest BCUT2D eigenvalue weighted by Crippen LogP contribution is 2.42. The summed E-state index contributed by atoms with van der Waals surface area (Å²) in [5.74, 6) is 0.442. The van der Waals surface area contributed by atoms with E-state index in [1.807, 2.05) is 6.07 Å². The normalized spacial score (nSPS) is 12.3. The van der Waals surface area contributed by atoms with E-state index in [1.54, 1.807) is 0 Å². The molecular weight excluding hydrogens is 294 g/mol. The maximum Gasteiger partial charge on any atom is 0.159 e. The van der Waals surface area contributed by atoms with Gasteiger partial charge in [0.1, 0.15) is 5.58 Å². The lowest BCUT2D eigenvalue weighted by Crippen LogP contribution is -1.91. The van der Waals surface area contributed by atoms with Crippen LogP contribution in [0.1, 0.15) is 25.3 Å². The summed E-state index contributed by atoms with van der Waals surface area (Å²) in [7, 11) is 2.13. The van der Waals surface area contributed by atoms with Crippen LogP contribution in [0.25, 0.3) is 43.7 Å². The Morgan fingerprint density at radius 3 is 2.38 bits per heavy atom. The van der Waals surface area contributed by atoms with Crippen molar-refractivity contribution in [2.45, 2.75) is 19.8 Å². The van der Waals surface area contributed by atoms with E-state index < -0.39 is 0 Å². The minimum absolute atomic E-state index is 0.442. The fourth-order valence-electron chi connectivity index (χ4n) is 4.03. The molecule has 2 heteroatoms. The number of hydrogen-bond acceptors (Lipinski definition) is 1. The van der Waals surface area contributed by atoms with Gasteiger partial charge in [-0.3, -0.25) is 0 Å². The highest BCUT2D eigenvalue weighted by molar-refractivity contribution is 6.22. The second-order valence-corrected chi connectivity index (χ2v) is 6.90. The summed E-state index contributed by atoms with van der Waals surface area (Å²) in [5, 5.41) is 5.05. The number of furan rings is 1. The molecule has 0 aliphatic carbocycles.